The molecule has 26 heavy (non-hydrogen) atoms. The van der Waals surface area contributed by atoms with E-state index in [1.54, 1.807) is 29.6 Å². The van der Waals surface area contributed by atoms with Gasteiger partial charge in [0.1, 0.15) is 17.4 Å². The number of fused-ring (bicyclic) bond motifs is 1. The molecule has 7 nitrogen and oxygen atoms in total. The average molecular weight is 392 g/mol. The van der Waals surface area contributed by atoms with Gasteiger partial charge in [-0.15, -0.1) is 11.3 Å². The maximum absolute atomic E-state index is 12.7. The van der Waals surface area contributed by atoms with E-state index in [0.717, 1.165) is 22.6 Å². The predicted octanol–water partition coefficient (Wildman–Crippen LogP) is 3.59. The Bertz CT molecular complexity index is 1070. The summed E-state index contributed by atoms with van der Waals surface area (Å²) in [7, 11) is -3.72. The van der Waals surface area contributed by atoms with Crippen molar-refractivity contribution in [2.75, 3.05) is 17.9 Å². The first-order chi connectivity index (χ1) is 12.4. The van der Waals surface area contributed by atoms with Gasteiger partial charge in [-0.3, -0.25) is 4.72 Å². The van der Waals surface area contributed by atoms with Crippen molar-refractivity contribution in [3.8, 4) is 22.8 Å². The van der Waals surface area contributed by atoms with Crippen molar-refractivity contribution in [1.29, 1.82) is 0 Å². The summed E-state index contributed by atoms with van der Waals surface area (Å²) in [6.07, 6.45) is 0. The van der Waals surface area contributed by atoms with Crippen LogP contribution in [0.2, 0.25) is 0 Å². The van der Waals surface area contributed by atoms with Crippen LogP contribution in [-0.2, 0) is 10.0 Å². The molecular weight excluding hydrogens is 376 g/mol. The fourth-order valence-corrected chi connectivity index (χ4v) is 4.78. The second-order valence-electron chi connectivity index (χ2n) is 5.84. The Morgan fingerprint density at radius 3 is 2.62 bits per heavy atom. The lowest BCUT2D eigenvalue weighted by molar-refractivity contribution is 0.171. The third kappa shape index (κ3) is 3.04. The number of sulfonamides is 1. The van der Waals surface area contributed by atoms with E-state index in [1.807, 2.05) is 13.8 Å². The van der Waals surface area contributed by atoms with Crippen molar-refractivity contribution in [2.24, 2.45) is 0 Å². The molecule has 0 unspecified atom stereocenters. The Balaban J connectivity index is 1.60. The second kappa shape index (κ2) is 6.33. The first kappa shape index (κ1) is 16.9. The monoisotopic (exact) mass is 392 g/mol. The van der Waals surface area contributed by atoms with Crippen LogP contribution in [-0.4, -0.2) is 26.8 Å². The van der Waals surface area contributed by atoms with Gasteiger partial charge in [-0.25, -0.2) is 8.42 Å². The molecule has 0 fully saturated rings. The van der Waals surface area contributed by atoms with Gasteiger partial charge in [0.25, 0.3) is 10.0 Å². The molecule has 136 valence electrons. The Hall–Kier alpha value is -2.52. The molecule has 3 aromatic rings. The molecule has 1 N–H and O–H groups in total. The van der Waals surface area contributed by atoms with Crippen LogP contribution in [0, 0.1) is 13.8 Å². The number of rotatable bonds is 4. The quantitative estimate of drug-likeness (QED) is 0.730. The lowest BCUT2D eigenvalue weighted by Gasteiger charge is -2.19. The van der Waals surface area contributed by atoms with Crippen molar-refractivity contribution in [3.63, 3.8) is 0 Å². The van der Waals surface area contributed by atoms with Gasteiger partial charge in [-0.05, 0) is 32.0 Å². The first-order valence-corrected chi connectivity index (χ1v) is 10.2. The largest absolute Gasteiger partial charge is 0.486 e. The third-order valence-electron chi connectivity index (χ3n) is 4.05. The molecule has 0 saturated heterocycles. The summed E-state index contributed by atoms with van der Waals surface area (Å²) in [6, 6.07) is 6.53. The van der Waals surface area contributed by atoms with Crippen LogP contribution >= 0.6 is 11.3 Å². The van der Waals surface area contributed by atoms with Crippen LogP contribution in [0.15, 0.2) is 38.4 Å². The lowest BCUT2D eigenvalue weighted by Crippen LogP contribution is -2.16. The summed E-state index contributed by atoms with van der Waals surface area (Å²) in [6.45, 7) is 4.65. The number of anilines is 1. The number of nitrogens with one attached hydrogen (secondary N) is 1. The highest BCUT2D eigenvalue weighted by atomic mass is 32.2. The number of nitrogens with zero attached hydrogens (tertiary/aromatic N) is 1. The number of thiophene rings is 1. The molecule has 0 saturated carbocycles. The Kier molecular flexibility index (Phi) is 4.12. The molecule has 0 bridgehead atoms. The molecule has 0 aliphatic carbocycles. The maximum Gasteiger partial charge on any atom is 0.271 e. The SMILES string of the molecule is Cc1noc(-c2csc(S(=O)(=O)Nc3ccc4c(c3)OCCO4)c2)c1C. The van der Waals surface area contributed by atoms with E-state index < -0.39 is 10.0 Å². The summed E-state index contributed by atoms with van der Waals surface area (Å²) in [5, 5.41) is 5.65. The minimum Gasteiger partial charge on any atom is -0.486 e. The molecule has 1 aliphatic rings. The summed E-state index contributed by atoms with van der Waals surface area (Å²) in [5.41, 5.74) is 2.78. The smallest absolute Gasteiger partial charge is 0.271 e. The molecule has 1 aromatic carbocycles. The Labute approximate surface area is 154 Å². The van der Waals surface area contributed by atoms with Crippen LogP contribution in [0.1, 0.15) is 11.3 Å². The minimum absolute atomic E-state index is 0.191. The molecule has 4 rings (SSSR count). The summed E-state index contributed by atoms with van der Waals surface area (Å²) >= 11 is 1.12. The maximum atomic E-state index is 12.7. The molecule has 9 heteroatoms. The van der Waals surface area contributed by atoms with Crippen molar-refractivity contribution in [1.82, 2.24) is 5.16 Å². The van der Waals surface area contributed by atoms with Gasteiger partial charge in [0, 0.05) is 22.6 Å². The van der Waals surface area contributed by atoms with E-state index in [1.165, 1.54) is 0 Å². The normalized spacial score (nSPS) is 13.6. The topological polar surface area (TPSA) is 90.7 Å². The highest BCUT2D eigenvalue weighted by Crippen LogP contribution is 2.35. The predicted molar refractivity (Wildman–Crippen MR) is 97.5 cm³/mol. The van der Waals surface area contributed by atoms with Crippen LogP contribution < -0.4 is 14.2 Å². The Morgan fingerprint density at radius 1 is 1.12 bits per heavy atom. The zero-order valence-corrected chi connectivity index (χ0v) is 15.7. The number of hydrogen-bond acceptors (Lipinski definition) is 7. The molecule has 0 amide bonds. The van der Waals surface area contributed by atoms with E-state index in [2.05, 4.69) is 9.88 Å². The van der Waals surface area contributed by atoms with Crippen molar-refractivity contribution in [3.05, 3.63) is 40.9 Å². The van der Waals surface area contributed by atoms with Crippen molar-refractivity contribution < 1.29 is 22.4 Å². The van der Waals surface area contributed by atoms with E-state index in [4.69, 9.17) is 14.0 Å². The van der Waals surface area contributed by atoms with Gasteiger partial charge in [0.05, 0.1) is 11.4 Å². The Morgan fingerprint density at radius 2 is 1.88 bits per heavy atom. The lowest BCUT2D eigenvalue weighted by atomic mass is 10.1. The number of hydrogen-bond donors (Lipinski definition) is 1. The summed E-state index contributed by atoms with van der Waals surface area (Å²) in [4.78, 5) is 0. The zero-order chi connectivity index (χ0) is 18.3. The fourth-order valence-electron chi connectivity index (χ4n) is 2.57. The molecule has 2 aromatic heterocycles. The van der Waals surface area contributed by atoms with Gasteiger partial charge in [-0.1, -0.05) is 5.16 Å². The minimum atomic E-state index is -3.72. The van der Waals surface area contributed by atoms with Crippen LogP contribution in [0.4, 0.5) is 5.69 Å². The van der Waals surface area contributed by atoms with Gasteiger partial charge in [-0.2, -0.15) is 0 Å². The molecular formula is C17H16N2O5S2. The van der Waals surface area contributed by atoms with Crippen LogP contribution in [0.25, 0.3) is 11.3 Å². The number of aryl methyl sites for hydroxylation is 1. The van der Waals surface area contributed by atoms with Crippen molar-refractivity contribution in [2.45, 2.75) is 18.1 Å². The molecule has 3 heterocycles. The molecule has 0 spiro atoms. The highest BCUT2D eigenvalue weighted by molar-refractivity contribution is 7.94. The van der Waals surface area contributed by atoms with Gasteiger partial charge in [0.2, 0.25) is 0 Å². The van der Waals surface area contributed by atoms with Crippen molar-refractivity contribution >= 4 is 27.0 Å². The number of ether oxygens (including phenoxy) is 2. The van der Waals surface area contributed by atoms with E-state index in [-0.39, 0.29) is 4.21 Å². The fraction of sp³-hybridized carbons (Fsp3) is 0.235. The highest BCUT2D eigenvalue weighted by Gasteiger charge is 2.21. The van der Waals surface area contributed by atoms with E-state index in [9.17, 15) is 8.42 Å². The second-order valence-corrected chi connectivity index (χ2v) is 8.66. The first-order valence-electron chi connectivity index (χ1n) is 7.88. The van der Waals surface area contributed by atoms with Gasteiger partial charge in [0.15, 0.2) is 17.3 Å². The van der Waals surface area contributed by atoms with Crippen LogP contribution in [0.5, 0.6) is 11.5 Å². The third-order valence-corrected chi connectivity index (χ3v) is 6.87. The van der Waals surface area contributed by atoms with E-state index >= 15 is 0 Å². The average Bonchev–Trinajstić information content (AvgIpc) is 3.23. The van der Waals surface area contributed by atoms with Gasteiger partial charge >= 0.3 is 0 Å². The zero-order valence-electron chi connectivity index (χ0n) is 14.1. The summed E-state index contributed by atoms with van der Waals surface area (Å²) < 4.78 is 44.4. The van der Waals surface area contributed by atoms with E-state index in [0.29, 0.717) is 41.7 Å². The van der Waals surface area contributed by atoms with Crippen LogP contribution in [0.3, 0.4) is 0 Å². The molecule has 0 radical (unpaired) electrons. The van der Waals surface area contributed by atoms with Gasteiger partial charge < -0.3 is 14.0 Å². The standard InChI is InChI=1S/C17H16N2O5S2/c1-10-11(2)18-24-17(10)12-7-16(25-9-12)26(20,21)19-13-3-4-14-15(8-13)23-6-5-22-14/h3-4,7-9,19H,5-6H2,1-2H3. The number of aromatic nitrogens is 1. The summed E-state index contributed by atoms with van der Waals surface area (Å²) in [5.74, 6) is 1.71. The number of benzene rings is 1. The molecule has 1 aliphatic heterocycles. The molecule has 0 atom stereocenters.